The number of rotatable bonds is 7. The molecule has 0 atom stereocenters. The molecule has 0 amide bonds. The highest BCUT2D eigenvalue weighted by atomic mass is 16.5. The highest BCUT2D eigenvalue weighted by Gasteiger charge is 2.00. The van der Waals surface area contributed by atoms with Gasteiger partial charge in [0.05, 0.1) is 6.61 Å². The van der Waals surface area contributed by atoms with Crippen molar-refractivity contribution >= 4 is 5.69 Å². The summed E-state index contributed by atoms with van der Waals surface area (Å²) in [5.41, 5.74) is 3.76. The van der Waals surface area contributed by atoms with Gasteiger partial charge in [0.1, 0.15) is 5.75 Å². The van der Waals surface area contributed by atoms with E-state index in [1.807, 2.05) is 12.1 Å². The van der Waals surface area contributed by atoms with Crippen molar-refractivity contribution in [1.29, 1.82) is 0 Å². The summed E-state index contributed by atoms with van der Waals surface area (Å²) in [6.45, 7) is 8.07. The normalized spacial score (nSPS) is 10.7. The van der Waals surface area contributed by atoms with Gasteiger partial charge >= 0.3 is 0 Å². The van der Waals surface area contributed by atoms with E-state index in [-0.39, 0.29) is 0 Å². The molecule has 0 radical (unpaired) electrons. The molecule has 0 unspecified atom stereocenters. The van der Waals surface area contributed by atoms with Gasteiger partial charge in [-0.2, -0.15) is 0 Å². The third kappa shape index (κ3) is 5.14. The van der Waals surface area contributed by atoms with Crippen molar-refractivity contribution in [3.05, 3.63) is 59.7 Å². The Kier molecular flexibility index (Phi) is 5.68. The van der Waals surface area contributed by atoms with E-state index in [9.17, 15) is 0 Å². The molecule has 0 bridgehead atoms. The molecule has 0 fully saturated rings. The molecule has 0 aliphatic rings. The summed E-state index contributed by atoms with van der Waals surface area (Å²) in [7, 11) is 0. The second kappa shape index (κ2) is 7.72. The van der Waals surface area contributed by atoms with Gasteiger partial charge < -0.3 is 10.1 Å². The van der Waals surface area contributed by atoms with Crippen LogP contribution in [-0.4, -0.2) is 6.61 Å². The summed E-state index contributed by atoms with van der Waals surface area (Å²) >= 11 is 0. The number of hydrogen-bond donors (Lipinski definition) is 1. The minimum absolute atomic E-state index is 0.540. The van der Waals surface area contributed by atoms with Crippen LogP contribution in [0.1, 0.15) is 31.9 Å². The van der Waals surface area contributed by atoms with Crippen molar-refractivity contribution in [2.45, 2.75) is 33.7 Å². The van der Waals surface area contributed by atoms with Gasteiger partial charge in [-0.1, -0.05) is 51.1 Å². The van der Waals surface area contributed by atoms with Gasteiger partial charge in [-0.05, 0) is 35.6 Å². The number of nitrogens with one attached hydrogen (secondary N) is 1. The zero-order valence-electron chi connectivity index (χ0n) is 13.2. The minimum atomic E-state index is 0.540. The third-order valence-corrected chi connectivity index (χ3v) is 3.35. The van der Waals surface area contributed by atoms with Crippen molar-refractivity contribution in [2.24, 2.45) is 5.92 Å². The van der Waals surface area contributed by atoms with E-state index in [0.717, 1.165) is 31.0 Å². The molecule has 0 spiro atoms. The number of anilines is 1. The van der Waals surface area contributed by atoms with Crippen molar-refractivity contribution in [1.82, 2.24) is 0 Å². The van der Waals surface area contributed by atoms with Crippen LogP contribution < -0.4 is 10.1 Å². The first-order valence-corrected chi connectivity index (χ1v) is 7.72. The first-order chi connectivity index (χ1) is 10.2. The first-order valence-electron chi connectivity index (χ1n) is 7.72. The lowest BCUT2D eigenvalue weighted by Gasteiger charge is -2.11. The van der Waals surface area contributed by atoms with E-state index in [4.69, 9.17) is 4.74 Å². The number of benzene rings is 2. The summed E-state index contributed by atoms with van der Waals surface area (Å²) < 4.78 is 5.75. The van der Waals surface area contributed by atoms with E-state index in [0.29, 0.717) is 5.92 Å². The molecule has 2 nitrogen and oxygen atoms in total. The fourth-order valence-electron chi connectivity index (χ4n) is 2.06. The van der Waals surface area contributed by atoms with E-state index in [2.05, 4.69) is 62.5 Å². The monoisotopic (exact) mass is 283 g/mol. The summed E-state index contributed by atoms with van der Waals surface area (Å²) in [4.78, 5) is 0. The lowest BCUT2D eigenvalue weighted by molar-refractivity contribution is 0.271. The second-order valence-corrected chi connectivity index (χ2v) is 5.76. The molecule has 0 aliphatic heterocycles. The Balaban J connectivity index is 1.91. The molecular formula is C19H25NO. The topological polar surface area (TPSA) is 21.3 Å². The van der Waals surface area contributed by atoms with Gasteiger partial charge in [0.25, 0.3) is 0 Å². The Hall–Kier alpha value is -1.96. The van der Waals surface area contributed by atoms with Crippen LogP contribution in [0.25, 0.3) is 0 Å². The highest BCUT2D eigenvalue weighted by Crippen LogP contribution is 2.19. The molecule has 2 rings (SSSR count). The lowest BCUT2D eigenvalue weighted by Crippen LogP contribution is -2.05. The van der Waals surface area contributed by atoms with Crippen LogP contribution in [0.3, 0.4) is 0 Å². The van der Waals surface area contributed by atoms with Crippen LogP contribution in [0.5, 0.6) is 5.75 Å². The van der Waals surface area contributed by atoms with E-state index in [1.165, 1.54) is 11.1 Å². The largest absolute Gasteiger partial charge is 0.493 e. The molecule has 21 heavy (non-hydrogen) atoms. The predicted molar refractivity (Wildman–Crippen MR) is 89.9 cm³/mol. The van der Waals surface area contributed by atoms with Crippen LogP contribution in [0.15, 0.2) is 48.5 Å². The molecule has 0 saturated heterocycles. The lowest BCUT2D eigenvalue weighted by atomic mass is 10.1. The standard InChI is InChI=1S/C19H25NO/c1-4-16-8-10-17(11-9-16)13-20-18-6-5-7-19(12-18)21-14-15(2)3/h5-12,15,20H,4,13-14H2,1-3H3. The zero-order valence-corrected chi connectivity index (χ0v) is 13.2. The molecule has 112 valence electrons. The Bertz CT molecular complexity index is 546. The average Bonchev–Trinajstić information content (AvgIpc) is 2.52. The Labute approximate surface area is 128 Å². The van der Waals surface area contributed by atoms with Crippen molar-refractivity contribution in [2.75, 3.05) is 11.9 Å². The molecule has 0 aliphatic carbocycles. The van der Waals surface area contributed by atoms with Crippen LogP contribution in [0, 0.1) is 5.92 Å². The van der Waals surface area contributed by atoms with E-state index < -0.39 is 0 Å². The number of hydrogen-bond acceptors (Lipinski definition) is 2. The molecular weight excluding hydrogens is 258 g/mol. The molecule has 1 N–H and O–H groups in total. The van der Waals surface area contributed by atoms with Gasteiger partial charge in [-0.3, -0.25) is 0 Å². The second-order valence-electron chi connectivity index (χ2n) is 5.76. The maximum absolute atomic E-state index is 5.75. The quantitative estimate of drug-likeness (QED) is 0.780. The van der Waals surface area contributed by atoms with Gasteiger partial charge in [-0.25, -0.2) is 0 Å². The fourth-order valence-corrected chi connectivity index (χ4v) is 2.06. The van der Waals surface area contributed by atoms with Crippen LogP contribution in [0.4, 0.5) is 5.69 Å². The minimum Gasteiger partial charge on any atom is -0.493 e. The van der Waals surface area contributed by atoms with Crippen molar-refractivity contribution in [3.63, 3.8) is 0 Å². The molecule has 2 heteroatoms. The average molecular weight is 283 g/mol. The molecule has 0 heterocycles. The van der Waals surface area contributed by atoms with Gasteiger partial charge in [0, 0.05) is 18.3 Å². The summed E-state index contributed by atoms with van der Waals surface area (Å²) in [6, 6.07) is 16.9. The smallest absolute Gasteiger partial charge is 0.121 e. The van der Waals surface area contributed by atoms with Crippen LogP contribution in [0.2, 0.25) is 0 Å². The summed E-state index contributed by atoms with van der Waals surface area (Å²) in [5, 5.41) is 3.45. The van der Waals surface area contributed by atoms with E-state index in [1.54, 1.807) is 0 Å². The zero-order chi connectivity index (χ0) is 15.1. The third-order valence-electron chi connectivity index (χ3n) is 3.35. The Morgan fingerprint density at radius 1 is 1.00 bits per heavy atom. The fraction of sp³-hybridized carbons (Fsp3) is 0.368. The highest BCUT2D eigenvalue weighted by molar-refractivity contribution is 5.48. The maximum Gasteiger partial charge on any atom is 0.121 e. The van der Waals surface area contributed by atoms with Gasteiger partial charge in [-0.15, -0.1) is 0 Å². The molecule has 2 aromatic rings. The predicted octanol–water partition coefficient (Wildman–Crippen LogP) is 4.90. The van der Waals surface area contributed by atoms with Gasteiger partial charge in [0.15, 0.2) is 0 Å². The van der Waals surface area contributed by atoms with Crippen molar-refractivity contribution < 1.29 is 4.74 Å². The number of aryl methyl sites for hydroxylation is 1. The van der Waals surface area contributed by atoms with Crippen molar-refractivity contribution in [3.8, 4) is 5.75 Å². The molecule has 0 aromatic heterocycles. The Morgan fingerprint density at radius 2 is 1.71 bits per heavy atom. The Morgan fingerprint density at radius 3 is 2.38 bits per heavy atom. The first kappa shape index (κ1) is 15.4. The van der Waals surface area contributed by atoms with Gasteiger partial charge in [0.2, 0.25) is 0 Å². The van der Waals surface area contributed by atoms with Crippen LogP contribution in [-0.2, 0) is 13.0 Å². The molecule has 2 aromatic carbocycles. The summed E-state index contributed by atoms with van der Waals surface area (Å²) in [6.07, 6.45) is 1.09. The maximum atomic E-state index is 5.75. The summed E-state index contributed by atoms with van der Waals surface area (Å²) in [5.74, 6) is 1.47. The SMILES string of the molecule is CCc1ccc(CNc2cccc(OCC(C)C)c2)cc1. The molecule has 0 saturated carbocycles. The van der Waals surface area contributed by atoms with Crippen LogP contribution >= 0.6 is 0 Å². The van der Waals surface area contributed by atoms with E-state index >= 15 is 0 Å². The number of ether oxygens (including phenoxy) is 1.